The van der Waals surface area contributed by atoms with E-state index in [1.807, 2.05) is 36.4 Å². The Morgan fingerprint density at radius 1 is 1.16 bits per heavy atom. The van der Waals surface area contributed by atoms with E-state index in [9.17, 15) is 0 Å². The number of nitriles is 1. The molecule has 3 heteroatoms. The molecule has 0 fully saturated rings. The number of hydrogen-bond acceptors (Lipinski definition) is 2. The second kappa shape index (κ2) is 6.40. The number of halogens is 1. The molecule has 0 amide bonds. The molecular formula is C16H15BrN2. The summed E-state index contributed by atoms with van der Waals surface area (Å²) in [5.41, 5.74) is 2.82. The van der Waals surface area contributed by atoms with Crippen LogP contribution in [0.3, 0.4) is 0 Å². The van der Waals surface area contributed by atoms with Crippen molar-refractivity contribution < 1.29 is 0 Å². The van der Waals surface area contributed by atoms with Gasteiger partial charge in [-0.3, -0.25) is 0 Å². The van der Waals surface area contributed by atoms with Crippen LogP contribution < -0.4 is 5.32 Å². The van der Waals surface area contributed by atoms with E-state index >= 15 is 0 Å². The summed E-state index contributed by atoms with van der Waals surface area (Å²) in [6.07, 6.45) is 0. The maximum Gasteiger partial charge on any atom is 0.103 e. The number of hydrogen-bond donors (Lipinski definition) is 1. The third-order valence-electron chi connectivity index (χ3n) is 3.09. The van der Waals surface area contributed by atoms with Crippen LogP contribution in [0.5, 0.6) is 0 Å². The predicted octanol–water partition coefficient (Wildman–Crippen LogP) is 4.54. The Hall–Kier alpha value is -1.79. The van der Waals surface area contributed by atoms with E-state index in [0.717, 1.165) is 16.7 Å². The fourth-order valence-electron chi connectivity index (χ4n) is 1.95. The van der Waals surface area contributed by atoms with Crippen molar-refractivity contribution in [3.63, 3.8) is 0 Å². The fourth-order valence-corrected chi connectivity index (χ4v) is 2.40. The molecule has 0 radical (unpaired) electrons. The first-order chi connectivity index (χ1) is 9.22. The molecule has 96 valence electrons. The maximum atomic E-state index is 9.16. The van der Waals surface area contributed by atoms with Crippen molar-refractivity contribution in [2.45, 2.75) is 12.8 Å². The Kier molecular flexibility index (Phi) is 4.59. The zero-order chi connectivity index (χ0) is 13.7. The standard InChI is InChI=1S/C16H15BrN2/c1-12(13-6-3-2-4-7-13)11-19-16-9-5-8-15(17)14(16)10-18/h2-9,12,19H,11H2,1H3. The van der Waals surface area contributed by atoms with E-state index in [0.29, 0.717) is 11.5 Å². The Labute approximate surface area is 122 Å². The van der Waals surface area contributed by atoms with Gasteiger partial charge in [0.25, 0.3) is 0 Å². The summed E-state index contributed by atoms with van der Waals surface area (Å²) in [6, 6.07) is 18.3. The number of anilines is 1. The summed E-state index contributed by atoms with van der Waals surface area (Å²) < 4.78 is 0.826. The normalized spacial score (nSPS) is 11.6. The van der Waals surface area contributed by atoms with Crippen LogP contribution in [0.15, 0.2) is 53.0 Å². The van der Waals surface area contributed by atoms with Gasteiger partial charge < -0.3 is 5.32 Å². The minimum atomic E-state index is 0.395. The maximum absolute atomic E-state index is 9.16. The molecule has 1 N–H and O–H groups in total. The Morgan fingerprint density at radius 3 is 2.58 bits per heavy atom. The first kappa shape index (κ1) is 13.6. The Balaban J connectivity index is 2.08. The largest absolute Gasteiger partial charge is 0.383 e. The third-order valence-corrected chi connectivity index (χ3v) is 3.75. The highest BCUT2D eigenvalue weighted by Crippen LogP contribution is 2.24. The molecule has 2 rings (SSSR count). The van der Waals surface area contributed by atoms with E-state index in [1.165, 1.54) is 5.56 Å². The number of benzene rings is 2. The van der Waals surface area contributed by atoms with Crippen molar-refractivity contribution in [3.8, 4) is 6.07 Å². The van der Waals surface area contributed by atoms with Gasteiger partial charge in [0, 0.05) is 11.0 Å². The van der Waals surface area contributed by atoms with E-state index in [1.54, 1.807) is 0 Å². The van der Waals surface area contributed by atoms with Crippen LogP contribution >= 0.6 is 15.9 Å². The SMILES string of the molecule is CC(CNc1cccc(Br)c1C#N)c1ccccc1. The monoisotopic (exact) mass is 314 g/mol. The second-order valence-electron chi connectivity index (χ2n) is 4.47. The molecule has 2 aromatic carbocycles. The van der Waals surface area contributed by atoms with Crippen molar-refractivity contribution in [3.05, 3.63) is 64.1 Å². The average molecular weight is 315 g/mol. The van der Waals surface area contributed by atoms with Gasteiger partial charge in [0.2, 0.25) is 0 Å². The van der Waals surface area contributed by atoms with Gasteiger partial charge in [0.1, 0.15) is 6.07 Å². The van der Waals surface area contributed by atoms with Gasteiger partial charge in [0.05, 0.1) is 11.3 Å². The van der Waals surface area contributed by atoms with Crippen LogP contribution in [0.2, 0.25) is 0 Å². The van der Waals surface area contributed by atoms with E-state index < -0.39 is 0 Å². The molecule has 2 nitrogen and oxygen atoms in total. The summed E-state index contributed by atoms with van der Waals surface area (Å²) in [4.78, 5) is 0. The van der Waals surface area contributed by atoms with Crippen LogP contribution in [-0.2, 0) is 0 Å². The van der Waals surface area contributed by atoms with Crippen LogP contribution in [0, 0.1) is 11.3 Å². The molecule has 0 aliphatic heterocycles. The van der Waals surface area contributed by atoms with Gasteiger partial charge in [-0.2, -0.15) is 5.26 Å². The van der Waals surface area contributed by atoms with Gasteiger partial charge in [0.15, 0.2) is 0 Å². The quantitative estimate of drug-likeness (QED) is 0.899. The van der Waals surface area contributed by atoms with Crippen LogP contribution in [0.25, 0.3) is 0 Å². The van der Waals surface area contributed by atoms with E-state index in [-0.39, 0.29) is 0 Å². The fraction of sp³-hybridized carbons (Fsp3) is 0.188. The Bertz CT molecular complexity index is 587. The number of nitrogens with one attached hydrogen (secondary N) is 1. The van der Waals surface area contributed by atoms with Crippen molar-refractivity contribution >= 4 is 21.6 Å². The molecule has 1 atom stereocenters. The smallest absolute Gasteiger partial charge is 0.103 e. The van der Waals surface area contributed by atoms with Gasteiger partial charge in [-0.15, -0.1) is 0 Å². The van der Waals surface area contributed by atoms with Gasteiger partial charge in [-0.25, -0.2) is 0 Å². The Morgan fingerprint density at radius 2 is 1.89 bits per heavy atom. The molecule has 0 aliphatic rings. The molecule has 0 bridgehead atoms. The molecule has 0 saturated carbocycles. The lowest BCUT2D eigenvalue weighted by Gasteiger charge is -2.15. The molecule has 0 aliphatic carbocycles. The lowest BCUT2D eigenvalue weighted by atomic mass is 10.0. The van der Waals surface area contributed by atoms with Gasteiger partial charge in [-0.05, 0) is 39.5 Å². The first-order valence-electron chi connectivity index (χ1n) is 6.20. The molecule has 0 saturated heterocycles. The van der Waals surface area contributed by atoms with Crippen LogP contribution in [0.4, 0.5) is 5.69 Å². The number of nitrogens with zero attached hydrogens (tertiary/aromatic N) is 1. The van der Waals surface area contributed by atoms with Crippen LogP contribution in [0.1, 0.15) is 24.0 Å². The minimum Gasteiger partial charge on any atom is -0.383 e. The van der Waals surface area contributed by atoms with Gasteiger partial charge in [-0.1, -0.05) is 43.3 Å². The molecule has 0 aromatic heterocycles. The lowest BCUT2D eigenvalue weighted by Crippen LogP contribution is -2.10. The average Bonchev–Trinajstić information content (AvgIpc) is 2.45. The lowest BCUT2D eigenvalue weighted by molar-refractivity contribution is 0.804. The second-order valence-corrected chi connectivity index (χ2v) is 5.32. The summed E-state index contributed by atoms with van der Waals surface area (Å²) in [6.45, 7) is 2.97. The summed E-state index contributed by atoms with van der Waals surface area (Å²) in [5.74, 6) is 0.395. The van der Waals surface area contributed by atoms with Crippen molar-refractivity contribution in [2.24, 2.45) is 0 Å². The molecule has 1 unspecified atom stereocenters. The summed E-state index contributed by atoms with van der Waals surface area (Å²) in [5, 5.41) is 12.5. The topological polar surface area (TPSA) is 35.8 Å². The van der Waals surface area contributed by atoms with Gasteiger partial charge >= 0.3 is 0 Å². The van der Waals surface area contributed by atoms with Crippen LogP contribution in [-0.4, -0.2) is 6.54 Å². The predicted molar refractivity (Wildman–Crippen MR) is 82.2 cm³/mol. The molecular weight excluding hydrogens is 300 g/mol. The van der Waals surface area contributed by atoms with E-state index in [4.69, 9.17) is 5.26 Å². The third kappa shape index (κ3) is 3.36. The van der Waals surface area contributed by atoms with E-state index in [2.05, 4.69) is 46.4 Å². The molecule has 0 spiro atoms. The first-order valence-corrected chi connectivity index (χ1v) is 6.99. The van der Waals surface area contributed by atoms with Crippen molar-refractivity contribution in [1.82, 2.24) is 0 Å². The summed E-state index contributed by atoms with van der Waals surface area (Å²) >= 11 is 3.40. The van der Waals surface area contributed by atoms with Crippen molar-refractivity contribution in [2.75, 3.05) is 11.9 Å². The molecule has 0 heterocycles. The summed E-state index contributed by atoms with van der Waals surface area (Å²) in [7, 11) is 0. The highest BCUT2D eigenvalue weighted by atomic mass is 79.9. The molecule has 19 heavy (non-hydrogen) atoms. The minimum absolute atomic E-state index is 0.395. The zero-order valence-corrected chi connectivity index (χ0v) is 12.3. The number of rotatable bonds is 4. The zero-order valence-electron chi connectivity index (χ0n) is 10.7. The molecule has 2 aromatic rings. The highest BCUT2D eigenvalue weighted by Gasteiger charge is 2.08. The highest BCUT2D eigenvalue weighted by molar-refractivity contribution is 9.10. The van der Waals surface area contributed by atoms with Crippen molar-refractivity contribution in [1.29, 1.82) is 5.26 Å².